The van der Waals surface area contributed by atoms with E-state index in [-0.39, 0.29) is 6.61 Å². The molecule has 2 fully saturated rings. The van der Waals surface area contributed by atoms with Gasteiger partial charge in [0.05, 0.1) is 17.2 Å². The van der Waals surface area contributed by atoms with Crippen molar-refractivity contribution < 1.29 is 5.11 Å². The van der Waals surface area contributed by atoms with Gasteiger partial charge in [0, 0.05) is 12.6 Å². The predicted molar refractivity (Wildman–Crippen MR) is 70.6 cm³/mol. The van der Waals surface area contributed by atoms with Crippen LogP contribution >= 0.6 is 11.3 Å². The highest BCUT2D eigenvalue weighted by Gasteiger charge is 2.39. The first-order chi connectivity index (χ1) is 8.19. The smallest absolute Gasteiger partial charge is 0.186 e. The minimum atomic E-state index is 0.132. The molecule has 0 spiro atoms. The lowest BCUT2D eigenvalue weighted by atomic mass is 10.1. The fraction of sp³-hybridized carbons (Fsp3) is 0.769. The summed E-state index contributed by atoms with van der Waals surface area (Å²) in [4.78, 5) is 8.30. The van der Waals surface area contributed by atoms with Crippen LogP contribution in [0.2, 0.25) is 0 Å². The molecule has 1 saturated carbocycles. The summed E-state index contributed by atoms with van der Waals surface area (Å²) in [6, 6.07) is 0.720. The number of aliphatic hydroxyl groups excluding tert-OH is 1. The van der Waals surface area contributed by atoms with E-state index in [0.29, 0.717) is 5.92 Å². The Kier molecular flexibility index (Phi) is 2.87. The number of hydrogen-bond acceptors (Lipinski definition) is 4. The van der Waals surface area contributed by atoms with E-state index in [4.69, 9.17) is 4.98 Å². The van der Waals surface area contributed by atoms with Gasteiger partial charge >= 0.3 is 0 Å². The van der Waals surface area contributed by atoms with Crippen LogP contribution in [0.4, 0.5) is 5.13 Å². The molecule has 1 N–H and O–H groups in total. The number of piperidine rings is 1. The van der Waals surface area contributed by atoms with E-state index in [9.17, 15) is 5.11 Å². The lowest BCUT2D eigenvalue weighted by Gasteiger charge is -2.26. The summed E-state index contributed by atoms with van der Waals surface area (Å²) < 4.78 is 0. The molecule has 17 heavy (non-hydrogen) atoms. The average Bonchev–Trinajstić information content (AvgIpc) is 3.02. The number of aliphatic hydroxyl groups is 1. The monoisotopic (exact) mass is 252 g/mol. The van der Waals surface area contributed by atoms with Crippen LogP contribution in [-0.4, -0.2) is 22.7 Å². The van der Waals surface area contributed by atoms with Crippen molar-refractivity contribution in [2.75, 3.05) is 11.4 Å². The van der Waals surface area contributed by atoms with E-state index in [2.05, 4.69) is 18.7 Å². The number of thiazole rings is 1. The van der Waals surface area contributed by atoms with Crippen LogP contribution in [0.15, 0.2) is 0 Å². The zero-order chi connectivity index (χ0) is 12.0. The Morgan fingerprint density at radius 1 is 1.47 bits per heavy atom. The van der Waals surface area contributed by atoms with Gasteiger partial charge in [-0.2, -0.15) is 0 Å². The summed E-state index contributed by atoms with van der Waals surface area (Å²) in [6.45, 7) is 5.61. The highest BCUT2D eigenvalue weighted by Crippen LogP contribution is 2.42. The molecule has 94 valence electrons. The Labute approximate surface area is 106 Å². The zero-order valence-corrected chi connectivity index (χ0v) is 11.3. The summed E-state index contributed by atoms with van der Waals surface area (Å²) in [6.07, 6.45) is 4.08. The standard InChI is InChI=1S/C13H20N2OS/c1-8(2)12-11(7-16)17-13(14-12)15-6-9-3-4-10(15)5-9/h8-10,16H,3-7H2,1-2H3. The molecule has 1 aromatic heterocycles. The van der Waals surface area contributed by atoms with Crippen LogP contribution in [0.5, 0.6) is 0 Å². The van der Waals surface area contributed by atoms with Crippen LogP contribution in [0.25, 0.3) is 0 Å². The highest BCUT2D eigenvalue weighted by molar-refractivity contribution is 7.15. The van der Waals surface area contributed by atoms with Crippen molar-refractivity contribution in [1.29, 1.82) is 0 Å². The van der Waals surface area contributed by atoms with Gasteiger partial charge in [-0.05, 0) is 31.1 Å². The Balaban J connectivity index is 1.88. The number of nitrogens with zero attached hydrogens (tertiary/aromatic N) is 2. The second-order valence-corrected chi connectivity index (χ2v) is 6.67. The molecule has 0 aromatic carbocycles. The van der Waals surface area contributed by atoms with Crippen molar-refractivity contribution in [2.24, 2.45) is 5.92 Å². The third kappa shape index (κ3) is 1.87. The first-order valence-electron chi connectivity index (χ1n) is 6.56. The van der Waals surface area contributed by atoms with Crippen molar-refractivity contribution in [3.05, 3.63) is 10.6 Å². The molecular formula is C13H20N2OS. The van der Waals surface area contributed by atoms with Gasteiger partial charge in [-0.1, -0.05) is 25.2 Å². The second kappa shape index (κ2) is 4.25. The molecule has 1 aliphatic carbocycles. The molecule has 2 aliphatic rings. The molecule has 2 atom stereocenters. The molecule has 1 aliphatic heterocycles. The van der Waals surface area contributed by atoms with Gasteiger partial charge in [0.1, 0.15) is 0 Å². The molecule has 1 aromatic rings. The third-order valence-electron chi connectivity index (χ3n) is 4.06. The van der Waals surface area contributed by atoms with Crippen molar-refractivity contribution in [2.45, 2.75) is 51.7 Å². The van der Waals surface area contributed by atoms with Crippen LogP contribution in [0.1, 0.15) is 49.6 Å². The van der Waals surface area contributed by atoms with E-state index in [1.807, 2.05) is 0 Å². The average molecular weight is 252 g/mol. The van der Waals surface area contributed by atoms with Gasteiger partial charge in [-0.25, -0.2) is 4.98 Å². The second-order valence-electron chi connectivity index (χ2n) is 5.60. The first kappa shape index (κ1) is 11.5. The molecule has 1 saturated heterocycles. The molecule has 2 unspecified atom stereocenters. The van der Waals surface area contributed by atoms with Gasteiger partial charge in [0.2, 0.25) is 0 Å². The molecule has 3 nitrogen and oxygen atoms in total. The molecule has 2 heterocycles. The number of aromatic nitrogens is 1. The lowest BCUT2D eigenvalue weighted by Crippen LogP contribution is -2.31. The van der Waals surface area contributed by atoms with Crippen LogP contribution in [0.3, 0.4) is 0 Å². The highest BCUT2D eigenvalue weighted by atomic mass is 32.1. The minimum absolute atomic E-state index is 0.132. The maximum atomic E-state index is 9.41. The van der Waals surface area contributed by atoms with Gasteiger partial charge in [0.25, 0.3) is 0 Å². The summed E-state index contributed by atoms with van der Waals surface area (Å²) in [5.41, 5.74) is 1.09. The summed E-state index contributed by atoms with van der Waals surface area (Å²) in [7, 11) is 0. The van der Waals surface area contributed by atoms with Crippen molar-refractivity contribution in [3.63, 3.8) is 0 Å². The Hall–Kier alpha value is -0.610. The SMILES string of the molecule is CC(C)c1nc(N2CC3CCC2C3)sc1CO. The molecule has 0 amide bonds. The third-order valence-corrected chi connectivity index (χ3v) is 5.15. The maximum Gasteiger partial charge on any atom is 0.186 e. The Morgan fingerprint density at radius 3 is 2.76 bits per heavy atom. The number of rotatable bonds is 3. The number of hydrogen-bond donors (Lipinski definition) is 1. The van der Waals surface area contributed by atoms with Gasteiger partial charge < -0.3 is 10.0 Å². The van der Waals surface area contributed by atoms with Gasteiger partial charge in [-0.15, -0.1) is 0 Å². The topological polar surface area (TPSA) is 36.4 Å². The van der Waals surface area contributed by atoms with Gasteiger partial charge in [0.15, 0.2) is 5.13 Å². The van der Waals surface area contributed by atoms with E-state index in [1.165, 1.54) is 25.8 Å². The lowest BCUT2D eigenvalue weighted by molar-refractivity contribution is 0.283. The van der Waals surface area contributed by atoms with Crippen LogP contribution < -0.4 is 4.90 Å². The molecular weight excluding hydrogens is 232 g/mol. The van der Waals surface area contributed by atoms with Crippen molar-refractivity contribution in [3.8, 4) is 0 Å². The van der Waals surface area contributed by atoms with E-state index in [0.717, 1.165) is 27.7 Å². The fourth-order valence-corrected chi connectivity index (χ4v) is 4.35. The van der Waals surface area contributed by atoms with E-state index < -0.39 is 0 Å². The minimum Gasteiger partial charge on any atom is -0.391 e. The maximum absolute atomic E-state index is 9.41. The normalized spacial score (nSPS) is 27.4. The predicted octanol–water partition coefficient (Wildman–Crippen LogP) is 2.75. The number of fused-ring (bicyclic) bond motifs is 2. The molecule has 2 bridgehead atoms. The van der Waals surface area contributed by atoms with E-state index >= 15 is 0 Å². The van der Waals surface area contributed by atoms with Crippen LogP contribution in [0, 0.1) is 5.92 Å². The number of anilines is 1. The molecule has 3 rings (SSSR count). The fourth-order valence-electron chi connectivity index (χ4n) is 3.20. The molecule has 0 radical (unpaired) electrons. The molecule has 4 heteroatoms. The quantitative estimate of drug-likeness (QED) is 0.898. The summed E-state index contributed by atoms with van der Waals surface area (Å²) in [5.74, 6) is 1.30. The Bertz CT molecular complexity index is 416. The van der Waals surface area contributed by atoms with E-state index in [1.54, 1.807) is 11.3 Å². The summed E-state index contributed by atoms with van der Waals surface area (Å²) >= 11 is 1.69. The van der Waals surface area contributed by atoms with Gasteiger partial charge in [-0.3, -0.25) is 0 Å². The zero-order valence-electron chi connectivity index (χ0n) is 10.5. The first-order valence-corrected chi connectivity index (χ1v) is 7.37. The van der Waals surface area contributed by atoms with Crippen molar-refractivity contribution in [1.82, 2.24) is 4.98 Å². The van der Waals surface area contributed by atoms with Crippen LogP contribution in [-0.2, 0) is 6.61 Å². The summed E-state index contributed by atoms with van der Waals surface area (Å²) in [5, 5.41) is 10.6. The Morgan fingerprint density at radius 2 is 2.29 bits per heavy atom. The van der Waals surface area contributed by atoms with Crippen molar-refractivity contribution >= 4 is 16.5 Å². The largest absolute Gasteiger partial charge is 0.391 e.